The third kappa shape index (κ3) is 4.47. The van der Waals surface area contributed by atoms with Crippen LogP contribution in [0.3, 0.4) is 0 Å². The van der Waals surface area contributed by atoms with E-state index in [1.165, 1.54) is 20.8 Å². The largest absolute Gasteiger partial charge is 0.304 e. The van der Waals surface area contributed by atoms with Gasteiger partial charge in [-0.05, 0) is 19.4 Å². The molecule has 1 nitrogen and oxygen atoms in total. The van der Waals surface area contributed by atoms with Crippen molar-refractivity contribution in [3.05, 3.63) is 109 Å². The first-order valence-corrected chi connectivity index (χ1v) is 12.7. The minimum absolute atomic E-state index is 0.386. The van der Waals surface area contributed by atoms with Gasteiger partial charge in [0.05, 0.1) is 0 Å². The highest BCUT2D eigenvalue weighted by atomic mass is 19.2. The summed E-state index contributed by atoms with van der Waals surface area (Å²) in [5.41, 5.74) is -12.7. The molecular weight excluding hydrogens is 658 g/mol. The molecule has 1 N–H and O–H groups in total. The van der Waals surface area contributed by atoms with E-state index in [0.717, 1.165) is 13.8 Å². The summed E-state index contributed by atoms with van der Waals surface area (Å²) in [6.45, 7) is 6.04. The Kier molecular flexibility index (Phi) is 8.27. The topological polar surface area (TPSA) is 23.9 Å². The summed E-state index contributed by atoms with van der Waals surface area (Å²) in [6.07, 6.45) is -5.83. The van der Waals surface area contributed by atoms with E-state index in [1.807, 2.05) is 0 Å². The SMILES string of the molecule is CC1=C([B-](c2c(F)c(F)c(F)c(F)c2F)(c2c(F)c(F)c(F)c(F)c2F)c2c(F)c(F)c(F)c(F)c2F)C/1=C(/C)C(=N)C(C)(C)C. The molecule has 0 fully saturated rings. The average molecular weight is 674 g/mol. The van der Waals surface area contributed by atoms with Gasteiger partial charge >= 0.3 is 0 Å². The van der Waals surface area contributed by atoms with Crippen molar-refractivity contribution in [3.8, 4) is 0 Å². The zero-order valence-electron chi connectivity index (χ0n) is 23.7. The van der Waals surface area contributed by atoms with Gasteiger partial charge in [0, 0.05) is 11.1 Å². The fraction of sp³-hybridized carbons (Fsp3) is 0.207. The second kappa shape index (κ2) is 11.0. The summed E-state index contributed by atoms with van der Waals surface area (Å²) in [6, 6.07) is 0. The Morgan fingerprint density at radius 2 is 0.674 bits per heavy atom. The van der Waals surface area contributed by atoms with E-state index in [4.69, 9.17) is 5.41 Å². The highest BCUT2D eigenvalue weighted by molar-refractivity contribution is 7.18. The van der Waals surface area contributed by atoms with Crippen molar-refractivity contribution in [2.75, 3.05) is 0 Å². The van der Waals surface area contributed by atoms with Gasteiger partial charge in [0.15, 0.2) is 52.4 Å². The van der Waals surface area contributed by atoms with Gasteiger partial charge < -0.3 is 5.41 Å². The fourth-order valence-electron chi connectivity index (χ4n) is 5.88. The summed E-state index contributed by atoms with van der Waals surface area (Å²) >= 11 is 0. The molecule has 3 aromatic rings. The second-order valence-corrected chi connectivity index (χ2v) is 11.5. The molecule has 1 aliphatic rings. The third-order valence-corrected chi connectivity index (χ3v) is 7.95. The zero-order chi connectivity index (χ0) is 35.3. The number of benzene rings is 3. The van der Waals surface area contributed by atoms with Gasteiger partial charge in [0.25, 0.3) is 0 Å². The van der Waals surface area contributed by atoms with Crippen LogP contribution in [0.4, 0.5) is 65.9 Å². The van der Waals surface area contributed by atoms with Crippen molar-refractivity contribution in [2.24, 2.45) is 5.41 Å². The van der Waals surface area contributed by atoms with Crippen molar-refractivity contribution >= 4 is 28.2 Å². The Hall–Kier alpha value is -4.18. The van der Waals surface area contributed by atoms with E-state index >= 15 is 26.3 Å². The quantitative estimate of drug-likeness (QED) is 0.0955. The molecule has 0 bridgehead atoms. The molecule has 3 aromatic carbocycles. The minimum Gasteiger partial charge on any atom is -0.304 e. The molecule has 46 heavy (non-hydrogen) atoms. The highest BCUT2D eigenvalue weighted by Crippen LogP contribution is 2.49. The molecule has 0 atom stereocenters. The Balaban J connectivity index is 2.53. The number of rotatable bonds is 5. The van der Waals surface area contributed by atoms with Crippen LogP contribution in [0.1, 0.15) is 34.6 Å². The Morgan fingerprint density at radius 3 is 0.891 bits per heavy atom. The number of hydrogen-bond acceptors (Lipinski definition) is 1. The number of halogens is 15. The van der Waals surface area contributed by atoms with Gasteiger partial charge in [-0.25, -0.2) is 65.9 Å². The molecule has 0 aromatic heterocycles. The molecule has 0 heterocycles. The van der Waals surface area contributed by atoms with E-state index in [0.29, 0.717) is 0 Å². The third-order valence-electron chi connectivity index (χ3n) is 7.95. The maximum atomic E-state index is 15.7. The standard InChI is InChI=1S/C29H16BF15N/c1-6-8(7(2)28(46)29(3,4)5)9(6)30(10-13(31)19(37)25(43)20(38)14(10)32,11-15(33)21(39)26(44)22(40)16(11)34)12-17(35)23(41)27(45)24(42)18(12)36/h46H,1-5H3/q-1/b8-7-,46-28?. The van der Waals surface area contributed by atoms with E-state index in [9.17, 15) is 39.5 Å². The van der Waals surface area contributed by atoms with Gasteiger partial charge in [0.2, 0.25) is 0 Å². The Bertz CT molecular complexity index is 1720. The van der Waals surface area contributed by atoms with Crippen LogP contribution in [0.25, 0.3) is 0 Å². The van der Waals surface area contributed by atoms with E-state index in [-0.39, 0.29) is 5.57 Å². The molecule has 0 spiro atoms. The maximum absolute atomic E-state index is 15.7. The van der Waals surface area contributed by atoms with Gasteiger partial charge in [-0.15, -0.1) is 16.4 Å². The maximum Gasteiger partial charge on any atom is 0.200 e. The van der Waals surface area contributed by atoms with Gasteiger partial charge in [-0.3, -0.25) is 0 Å². The van der Waals surface area contributed by atoms with Crippen LogP contribution in [-0.4, -0.2) is 11.9 Å². The summed E-state index contributed by atoms with van der Waals surface area (Å²) in [5.74, 6) is -45.8. The predicted octanol–water partition coefficient (Wildman–Crippen LogP) is 7.49. The molecule has 0 amide bonds. The Labute approximate surface area is 249 Å². The normalized spacial score (nSPS) is 14.8. The first-order chi connectivity index (χ1) is 21.0. The van der Waals surface area contributed by atoms with Crippen molar-refractivity contribution in [1.82, 2.24) is 0 Å². The van der Waals surface area contributed by atoms with Gasteiger partial charge in [0.1, 0.15) is 41.0 Å². The van der Waals surface area contributed by atoms with Crippen LogP contribution in [-0.2, 0) is 0 Å². The monoisotopic (exact) mass is 674 g/mol. The van der Waals surface area contributed by atoms with E-state index in [1.54, 1.807) is 0 Å². The highest BCUT2D eigenvalue weighted by Gasteiger charge is 2.54. The Morgan fingerprint density at radius 1 is 0.457 bits per heavy atom. The lowest BCUT2D eigenvalue weighted by molar-refractivity contribution is 0.379. The molecule has 17 heteroatoms. The molecule has 4 rings (SSSR count). The molecule has 1 aliphatic carbocycles. The zero-order valence-corrected chi connectivity index (χ0v) is 23.7. The van der Waals surface area contributed by atoms with E-state index in [2.05, 4.69) is 0 Å². The molecule has 246 valence electrons. The fourth-order valence-corrected chi connectivity index (χ4v) is 5.88. The summed E-state index contributed by atoms with van der Waals surface area (Å²) in [7, 11) is 0. The van der Waals surface area contributed by atoms with Crippen LogP contribution in [0.5, 0.6) is 0 Å². The molecule has 0 saturated heterocycles. The first-order valence-electron chi connectivity index (χ1n) is 12.7. The number of hydrogen-bond donors (Lipinski definition) is 1. The van der Waals surface area contributed by atoms with Crippen molar-refractivity contribution < 1.29 is 65.9 Å². The van der Waals surface area contributed by atoms with Gasteiger partial charge in [-0.2, -0.15) is 5.47 Å². The predicted molar refractivity (Wildman–Crippen MR) is 136 cm³/mol. The van der Waals surface area contributed by atoms with E-state index < -0.39 is 138 Å². The summed E-state index contributed by atoms with van der Waals surface area (Å²) in [5, 5.41) is 8.43. The van der Waals surface area contributed by atoms with Gasteiger partial charge in [-0.1, -0.05) is 31.9 Å². The molecular formula is C29H16BF15N-. The van der Waals surface area contributed by atoms with Crippen molar-refractivity contribution in [3.63, 3.8) is 0 Å². The lowest BCUT2D eigenvalue weighted by Crippen LogP contribution is -2.73. The summed E-state index contributed by atoms with van der Waals surface area (Å²) < 4.78 is 225. The molecule has 0 radical (unpaired) electrons. The van der Waals surface area contributed by atoms with Crippen LogP contribution in [0.15, 0.2) is 22.2 Å². The molecule has 0 saturated carbocycles. The van der Waals surface area contributed by atoms with Crippen LogP contribution in [0.2, 0.25) is 0 Å². The van der Waals surface area contributed by atoms with Crippen LogP contribution in [0, 0.1) is 98.1 Å². The van der Waals surface area contributed by atoms with Crippen molar-refractivity contribution in [2.45, 2.75) is 34.6 Å². The smallest absolute Gasteiger partial charge is 0.200 e. The van der Waals surface area contributed by atoms with Crippen LogP contribution >= 0.6 is 0 Å². The average Bonchev–Trinajstić information content (AvgIpc) is 3.67. The molecule has 0 aliphatic heterocycles. The second-order valence-electron chi connectivity index (χ2n) is 11.5. The minimum atomic E-state index is -5.83. The lowest BCUT2D eigenvalue weighted by atomic mass is 9.13. The first kappa shape index (κ1) is 34.7. The lowest BCUT2D eigenvalue weighted by Gasteiger charge is -2.43. The molecule has 0 unspecified atom stereocenters. The van der Waals surface area contributed by atoms with Crippen LogP contribution < -0.4 is 16.4 Å². The number of nitrogens with one attached hydrogen (secondary N) is 1. The van der Waals surface area contributed by atoms with Crippen molar-refractivity contribution in [1.29, 1.82) is 5.41 Å². The number of allylic oxidation sites excluding steroid dienone is 4. The summed E-state index contributed by atoms with van der Waals surface area (Å²) in [4.78, 5) is 0.